The first-order valence-electron chi connectivity index (χ1n) is 9.51. The number of aryl methyl sites for hydroxylation is 1. The summed E-state index contributed by atoms with van der Waals surface area (Å²) in [6.45, 7) is 1.88. The third-order valence-electron chi connectivity index (χ3n) is 5.44. The summed E-state index contributed by atoms with van der Waals surface area (Å²) in [6, 6.07) is 3.53. The number of hydrogen-bond donors (Lipinski definition) is 1. The number of nitrogens with one attached hydrogen (secondary N) is 2. The number of pyridine rings is 2. The Balaban J connectivity index is 1.92. The molecule has 0 bridgehead atoms. The summed E-state index contributed by atoms with van der Waals surface area (Å²) in [5.41, 5.74) is 2.97. The van der Waals surface area contributed by atoms with Crippen LogP contribution in [0.3, 0.4) is 0 Å². The Morgan fingerprint density at radius 3 is 2.43 bits per heavy atom. The molecule has 1 aliphatic carbocycles. The number of benzene rings is 1. The van der Waals surface area contributed by atoms with Gasteiger partial charge in [0, 0.05) is 30.0 Å². The smallest absolute Gasteiger partial charge is 0.348 e. The maximum Gasteiger partial charge on any atom is 0.348 e. The van der Waals surface area contributed by atoms with Crippen LogP contribution in [0.25, 0.3) is 33.2 Å². The van der Waals surface area contributed by atoms with Crippen LogP contribution in [0.15, 0.2) is 23.1 Å². The van der Waals surface area contributed by atoms with E-state index < -0.39 is 0 Å². The summed E-state index contributed by atoms with van der Waals surface area (Å²) in [4.78, 5) is 24.7. The molecule has 5 rings (SSSR count). The molecule has 1 aliphatic rings. The number of halogens is 2. The number of rotatable bonds is 4. The summed E-state index contributed by atoms with van der Waals surface area (Å²) < 4.78 is 12.6. The average Bonchev–Trinajstić information content (AvgIpc) is 3.48. The molecule has 0 atom stereocenters. The van der Waals surface area contributed by atoms with Crippen molar-refractivity contribution in [2.24, 2.45) is 0 Å². The van der Waals surface area contributed by atoms with E-state index in [1.807, 2.05) is 17.7 Å². The monoisotopic (exact) mass is 445 g/mol. The lowest BCUT2D eigenvalue weighted by atomic mass is 10.0. The van der Waals surface area contributed by atoms with Gasteiger partial charge in [0.1, 0.15) is 11.5 Å². The van der Waals surface area contributed by atoms with E-state index in [1.165, 1.54) is 14.2 Å². The summed E-state index contributed by atoms with van der Waals surface area (Å²) in [5.74, 6) is 1.55. The van der Waals surface area contributed by atoms with Crippen molar-refractivity contribution in [3.05, 3.63) is 44.6 Å². The van der Waals surface area contributed by atoms with E-state index in [1.54, 1.807) is 12.1 Å². The molecule has 2 N–H and O–H groups in total. The fourth-order valence-corrected chi connectivity index (χ4v) is 4.63. The van der Waals surface area contributed by atoms with E-state index in [4.69, 9.17) is 32.7 Å². The van der Waals surface area contributed by atoms with Crippen LogP contribution in [0.2, 0.25) is 10.0 Å². The molecule has 3 heterocycles. The molecular formula is C21H19Cl2N4O3+. The summed E-state index contributed by atoms with van der Waals surface area (Å²) in [5, 5.41) is 1.38. The molecule has 0 unspecified atom stereocenters. The van der Waals surface area contributed by atoms with Crippen molar-refractivity contribution in [2.45, 2.75) is 25.8 Å². The number of hydrogen-bond acceptors (Lipinski definition) is 4. The van der Waals surface area contributed by atoms with Crippen LogP contribution in [-0.4, -0.2) is 28.8 Å². The third kappa shape index (κ3) is 2.76. The van der Waals surface area contributed by atoms with Crippen LogP contribution in [0.1, 0.15) is 24.7 Å². The van der Waals surface area contributed by atoms with Gasteiger partial charge in [0.15, 0.2) is 5.52 Å². The maximum atomic E-state index is 13.7. The number of aromatic amines is 2. The van der Waals surface area contributed by atoms with Crippen molar-refractivity contribution in [3.8, 4) is 22.6 Å². The Bertz CT molecular complexity index is 1360. The van der Waals surface area contributed by atoms with Crippen LogP contribution >= 0.6 is 23.2 Å². The lowest BCUT2D eigenvalue weighted by Gasteiger charge is -2.17. The number of fused-ring (bicyclic) bond motifs is 3. The highest BCUT2D eigenvalue weighted by Gasteiger charge is 2.31. The molecule has 7 nitrogen and oxygen atoms in total. The fourth-order valence-electron chi connectivity index (χ4n) is 3.93. The van der Waals surface area contributed by atoms with Gasteiger partial charge in [-0.25, -0.2) is 4.98 Å². The minimum absolute atomic E-state index is 0.124. The molecule has 1 saturated carbocycles. The van der Waals surface area contributed by atoms with Gasteiger partial charge in [0.25, 0.3) is 5.56 Å². The summed E-state index contributed by atoms with van der Waals surface area (Å²) in [7, 11) is 3.01. The van der Waals surface area contributed by atoms with Crippen LogP contribution in [0.5, 0.6) is 11.5 Å². The molecule has 0 saturated heterocycles. The van der Waals surface area contributed by atoms with Crippen LogP contribution in [-0.2, 0) is 0 Å². The van der Waals surface area contributed by atoms with Crippen molar-refractivity contribution in [1.82, 2.24) is 14.5 Å². The lowest BCUT2D eigenvalue weighted by molar-refractivity contribution is -0.345. The highest BCUT2D eigenvalue weighted by Crippen LogP contribution is 2.46. The van der Waals surface area contributed by atoms with E-state index in [-0.39, 0.29) is 21.6 Å². The molecule has 9 heteroatoms. The number of nitrogens with zero attached hydrogens (tertiary/aromatic N) is 2. The Hall–Kier alpha value is -2.77. The second kappa shape index (κ2) is 6.89. The Morgan fingerprint density at radius 1 is 1.17 bits per heavy atom. The van der Waals surface area contributed by atoms with Crippen LogP contribution in [0.4, 0.5) is 0 Å². The molecule has 30 heavy (non-hydrogen) atoms. The highest BCUT2D eigenvalue weighted by atomic mass is 35.5. The van der Waals surface area contributed by atoms with Gasteiger partial charge in [-0.1, -0.05) is 23.2 Å². The SMILES string of the molecule is COc1cc(OC)c(Cl)c(-c2cc3c[nH+]c4nc(C)[nH]c4c3n(C3CC3)c2=O)c1Cl. The van der Waals surface area contributed by atoms with Gasteiger partial charge in [-0.05, 0) is 23.9 Å². The van der Waals surface area contributed by atoms with Gasteiger partial charge in [-0.2, -0.15) is 0 Å². The third-order valence-corrected chi connectivity index (χ3v) is 6.19. The average molecular weight is 446 g/mol. The maximum absolute atomic E-state index is 13.7. The van der Waals surface area contributed by atoms with Gasteiger partial charge in [0.05, 0.1) is 41.5 Å². The van der Waals surface area contributed by atoms with Crippen molar-refractivity contribution in [1.29, 1.82) is 0 Å². The topological polar surface area (TPSA) is 83.3 Å². The molecule has 3 aromatic heterocycles. The summed E-state index contributed by atoms with van der Waals surface area (Å²) >= 11 is 13.2. The Morgan fingerprint density at radius 2 is 1.83 bits per heavy atom. The van der Waals surface area contributed by atoms with E-state index in [0.29, 0.717) is 28.3 Å². The van der Waals surface area contributed by atoms with E-state index >= 15 is 0 Å². The van der Waals surface area contributed by atoms with Gasteiger partial charge < -0.3 is 19.0 Å². The first-order chi connectivity index (χ1) is 14.4. The van der Waals surface area contributed by atoms with Crippen molar-refractivity contribution < 1.29 is 14.5 Å². The number of imidazole rings is 1. The molecule has 0 aliphatic heterocycles. The predicted octanol–water partition coefficient (Wildman–Crippen LogP) is 4.33. The van der Waals surface area contributed by atoms with Crippen LogP contribution in [0, 0.1) is 6.92 Å². The molecule has 0 spiro atoms. The molecule has 1 fully saturated rings. The predicted molar refractivity (Wildman–Crippen MR) is 116 cm³/mol. The second-order valence-corrected chi connectivity index (χ2v) is 8.14. The molecule has 154 valence electrons. The number of aromatic nitrogens is 4. The molecule has 0 amide bonds. The van der Waals surface area contributed by atoms with Gasteiger partial charge in [-0.15, -0.1) is 0 Å². The zero-order chi connectivity index (χ0) is 21.2. The standard InChI is InChI=1S/C21H18Cl2N4O3/c1-9-25-18-19-10(8-24-20(18)26-9)6-12(21(28)27(19)11-4-5-11)15-16(22)13(29-2)7-14(30-3)17(15)23/h6-8,11H,4-5H2,1-3H3,(H,24,25,26)/p+1. The number of ether oxygens (including phenoxy) is 2. The quantitative estimate of drug-likeness (QED) is 0.506. The fraction of sp³-hybridized carbons (Fsp3) is 0.286. The zero-order valence-electron chi connectivity index (χ0n) is 16.6. The minimum Gasteiger partial charge on any atom is -0.495 e. The highest BCUT2D eigenvalue weighted by molar-refractivity contribution is 6.41. The molecule has 1 aromatic carbocycles. The molecule has 0 radical (unpaired) electrons. The number of methoxy groups -OCH3 is 2. The van der Waals surface area contributed by atoms with Crippen molar-refractivity contribution >= 4 is 45.3 Å². The largest absolute Gasteiger partial charge is 0.495 e. The van der Waals surface area contributed by atoms with Gasteiger partial charge in [-0.3, -0.25) is 4.79 Å². The first kappa shape index (κ1) is 19.2. The number of H-pyrrole nitrogens is 2. The van der Waals surface area contributed by atoms with Crippen molar-refractivity contribution in [2.75, 3.05) is 14.2 Å². The minimum atomic E-state index is -0.163. The molecular weight excluding hydrogens is 427 g/mol. The van der Waals surface area contributed by atoms with E-state index in [9.17, 15) is 4.79 Å². The van der Waals surface area contributed by atoms with Crippen LogP contribution < -0.4 is 20.0 Å². The van der Waals surface area contributed by atoms with E-state index in [0.717, 1.165) is 35.1 Å². The summed E-state index contributed by atoms with van der Waals surface area (Å²) in [6.07, 6.45) is 3.72. The normalized spacial score (nSPS) is 13.9. The second-order valence-electron chi connectivity index (χ2n) is 7.39. The zero-order valence-corrected chi connectivity index (χ0v) is 18.1. The first-order valence-corrected chi connectivity index (χ1v) is 10.3. The van der Waals surface area contributed by atoms with Gasteiger partial charge in [0.2, 0.25) is 5.82 Å². The van der Waals surface area contributed by atoms with Gasteiger partial charge >= 0.3 is 5.65 Å². The molecule has 4 aromatic rings. The van der Waals surface area contributed by atoms with E-state index in [2.05, 4.69) is 15.0 Å². The lowest BCUT2D eigenvalue weighted by Crippen LogP contribution is -2.23. The van der Waals surface area contributed by atoms with Crippen molar-refractivity contribution in [3.63, 3.8) is 0 Å². The Labute approximate surface area is 181 Å². The Kier molecular flexibility index (Phi) is 4.41.